The molecule has 3 rings (SSSR count). The average Bonchev–Trinajstić information content (AvgIpc) is 2.71. The monoisotopic (exact) mass is 400 g/mol. The number of methoxy groups -OCH3 is 1. The first-order valence-corrected chi connectivity index (χ1v) is 9.83. The molecule has 1 saturated heterocycles. The lowest BCUT2D eigenvalue weighted by Crippen LogP contribution is -2.43. The maximum absolute atomic E-state index is 13.1. The molecule has 1 aliphatic rings. The van der Waals surface area contributed by atoms with Crippen molar-refractivity contribution >= 4 is 17.5 Å². The zero-order chi connectivity index (χ0) is 20.8. The van der Waals surface area contributed by atoms with Crippen LogP contribution in [-0.4, -0.2) is 55.4 Å². The molecule has 0 spiro atoms. The lowest BCUT2D eigenvalue weighted by molar-refractivity contribution is -0.119. The van der Waals surface area contributed by atoms with Crippen LogP contribution in [0.5, 0.6) is 0 Å². The number of hydrogen-bond acceptors (Lipinski definition) is 6. The van der Waals surface area contributed by atoms with Gasteiger partial charge in [-0.2, -0.15) is 0 Å². The molecule has 2 aromatic rings. The van der Waals surface area contributed by atoms with Crippen LogP contribution in [0.2, 0.25) is 0 Å². The van der Waals surface area contributed by atoms with Crippen molar-refractivity contribution in [2.45, 2.75) is 27.0 Å². The second-order valence-electron chi connectivity index (χ2n) is 6.98. The van der Waals surface area contributed by atoms with Gasteiger partial charge in [-0.3, -0.25) is 14.2 Å². The van der Waals surface area contributed by atoms with Crippen LogP contribution in [0, 0.1) is 6.92 Å². The SMILES string of the molecule is CCN(C(=O)Cn1c(N2CCOCC2)nc(COC)cc1=O)c1cccc(C)c1. The summed E-state index contributed by atoms with van der Waals surface area (Å²) in [4.78, 5) is 34.3. The highest BCUT2D eigenvalue weighted by Crippen LogP contribution is 2.18. The minimum Gasteiger partial charge on any atom is -0.378 e. The number of aromatic nitrogens is 2. The van der Waals surface area contributed by atoms with Gasteiger partial charge in [-0.05, 0) is 31.5 Å². The van der Waals surface area contributed by atoms with Gasteiger partial charge in [0.05, 0.1) is 25.5 Å². The summed E-state index contributed by atoms with van der Waals surface area (Å²) in [7, 11) is 1.56. The zero-order valence-electron chi connectivity index (χ0n) is 17.3. The van der Waals surface area contributed by atoms with Crippen molar-refractivity contribution in [2.75, 3.05) is 49.8 Å². The molecule has 0 bridgehead atoms. The minimum absolute atomic E-state index is 0.0758. The fourth-order valence-corrected chi connectivity index (χ4v) is 3.43. The van der Waals surface area contributed by atoms with Crippen molar-refractivity contribution in [3.8, 4) is 0 Å². The van der Waals surface area contributed by atoms with Gasteiger partial charge in [0.1, 0.15) is 6.54 Å². The van der Waals surface area contributed by atoms with Gasteiger partial charge in [0.25, 0.3) is 5.56 Å². The number of nitrogens with zero attached hydrogens (tertiary/aromatic N) is 4. The van der Waals surface area contributed by atoms with Crippen molar-refractivity contribution in [1.29, 1.82) is 0 Å². The van der Waals surface area contributed by atoms with Gasteiger partial charge in [0, 0.05) is 38.5 Å². The maximum Gasteiger partial charge on any atom is 0.255 e. The quantitative estimate of drug-likeness (QED) is 0.703. The molecule has 0 aliphatic carbocycles. The zero-order valence-corrected chi connectivity index (χ0v) is 17.3. The fraction of sp³-hybridized carbons (Fsp3) is 0.476. The highest BCUT2D eigenvalue weighted by Gasteiger charge is 2.22. The lowest BCUT2D eigenvalue weighted by atomic mass is 10.2. The van der Waals surface area contributed by atoms with Crippen LogP contribution in [0.1, 0.15) is 18.2 Å². The number of carbonyl (C=O) groups excluding carboxylic acids is 1. The van der Waals surface area contributed by atoms with E-state index in [0.717, 1.165) is 11.3 Å². The van der Waals surface area contributed by atoms with E-state index in [4.69, 9.17) is 9.47 Å². The normalized spacial score (nSPS) is 14.1. The number of anilines is 2. The minimum atomic E-state index is -0.262. The Bertz CT molecular complexity index is 906. The van der Waals surface area contributed by atoms with E-state index in [0.29, 0.717) is 44.5 Å². The van der Waals surface area contributed by atoms with Gasteiger partial charge in [0.2, 0.25) is 11.9 Å². The van der Waals surface area contributed by atoms with Crippen LogP contribution in [0.3, 0.4) is 0 Å². The van der Waals surface area contributed by atoms with Gasteiger partial charge >= 0.3 is 0 Å². The predicted octanol–water partition coefficient (Wildman–Crippen LogP) is 1.59. The Kier molecular flexibility index (Phi) is 7.00. The summed E-state index contributed by atoms with van der Waals surface area (Å²) in [5.41, 5.74) is 2.18. The third kappa shape index (κ3) is 5.02. The molecule has 0 unspecified atom stereocenters. The first-order chi connectivity index (χ1) is 14.0. The molecule has 1 aromatic carbocycles. The lowest BCUT2D eigenvalue weighted by Gasteiger charge is -2.30. The summed E-state index contributed by atoms with van der Waals surface area (Å²) in [6.45, 7) is 6.94. The summed E-state index contributed by atoms with van der Waals surface area (Å²) >= 11 is 0. The number of aryl methyl sites for hydroxylation is 1. The first kappa shape index (κ1) is 21.0. The number of rotatable bonds is 7. The van der Waals surface area contributed by atoms with Crippen LogP contribution in [-0.2, 0) is 27.4 Å². The van der Waals surface area contributed by atoms with E-state index >= 15 is 0 Å². The molecule has 8 heteroatoms. The van der Waals surface area contributed by atoms with Gasteiger partial charge < -0.3 is 19.3 Å². The molecule has 156 valence electrons. The number of amides is 1. The molecule has 29 heavy (non-hydrogen) atoms. The van der Waals surface area contributed by atoms with Crippen LogP contribution < -0.4 is 15.4 Å². The smallest absolute Gasteiger partial charge is 0.255 e. The van der Waals surface area contributed by atoms with E-state index in [9.17, 15) is 9.59 Å². The molecule has 0 radical (unpaired) electrons. The molecule has 0 atom stereocenters. The summed E-state index contributed by atoms with van der Waals surface area (Å²) in [6, 6.07) is 9.21. The van der Waals surface area contributed by atoms with Crippen molar-refractivity contribution in [1.82, 2.24) is 9.55 Å². The highest BCUT2D eigenvalue weighted by atomic mass is 16.5. The topological polar surface area (TPSA) is 76.9 Å². The van der Waals surface area contributed by atoms with Crippen LogP contribution in [0.4, 0.5) is 11.6 Å². The van der Waals surface area contributed by atoms with E-state index in [2.05, 4.69) is 4.98 Å². The Morgan fingerprint density at radius 3 is 2.69 bits per heavy atom. The molecular formula is C21H28N4O4. The number of benzene rings is 1. The maximum atomic E-state index is 13.1. The Hall–Kier alpha value is -2.71. The van der Waals surface area contributed by atoms with Crippen molar-refractivity contribution in [3.05, 3.63) is 51.9 Å². The molecule has 1 aliphatic heterocycles. The van der Waals surface area contributed by atoms with Crippen molar-refractivity contribution in [3.63, 3.8) is 0 Å². The molecule has 2 heterocycles. The fourth-order valence-electron chi connectivity index (χ4n) is 3.43. The largest absolute Gasteiger partial charge is 0.378 e. The Labute approximate surface area is 170 Å². The molecule has 1 aromatic heterocycles. The van der Waals surface area contributed by atoms with E-state index in [1.807, 2.05) is 43.0 Å². The summed E-state index contributed by atoms with van der Waals surface area (Å²) < 4.78 is 12.0. The first-order valence-electron chi connectivity index (χ1n) is 9.83. The number of ether oxygens (including phenoxy) is 2. The van der Waals surface area contributed by atoms with Crippen LogP contribution in [0.25, 0.3) is 0 Å². The number of morpholine rings is 1. The second-order valence-corrected chi connectivity index (χ2v) is 6.98. The molecule has 0 N–H and O–H groups in total. The van der Waals surface area contributed by atoms with E-state index < -0.39 is 0 Å². The molecule has 8 nitrogen and oxygen atoms in total. The highest BCUT2D eigenvalue weighted by molar-refractivity contribution is 5.93. The Morgan fingerprint density at radius 2 is 2.03 bits per heavy atom. The molecule has 1 amide bonds. The second kappa shape index (κ2) is 9.67. The van der Waals surface area contributed by atoms with Crippen LogP contribution >= 0.6 is 0 Å². The van der Waals surface area contributed by atoms with E-state index in [-0.39, 0.29) is 24.6 Å². The third-order valence-corrected chi connectivity index (χ3v) is 4.85. The molecular weight excluding hydrogens is 372 g/mol. The van der Waals surface area contributed by atoms with Crippen LogP contribution in [0.15, 0.2) is 35.1 Å². The summed E-state index contributed by atoms with van der Waals surface area (Å²) in [5.74, 6) is 0.331. The standard InChI is InChI=1S/C21H28N4O4/c1-4-24(18-7-5-6-16(2)12-18)20(27)14-25-19(26)13-17(15-28-3)22-21(25)23-8-10-29-11-9-23/h5-7,12-13H,4,8-11,14-15H2,1-3H3. The van der Waals surface area contributed by atoms with Gasteiger partial charge in [-0.15, -0.1) is 0 Å². The number of likely N-dealkylation sites (N-methyl/N-ethyl adjacent to an activating group) is 1. The van der Waals surface area contributed by atoms with Gasteiger partial charge in [-0.25, -0.2) is 4.98 Å². The molecule has 1 fully saturated rings. The molecule has 0 saturated carbocycles. The van der Waals surface area contributed by atoms with Crippen molar-refractivity contribution < 1.29 is 14.3 Å². The predicted molar refractivity (Wildman–Crippen MR) is 111 cm³/mol. The summed E-state index contributed by atoms with van der Waals surface area (Å²) in [6.07, 6.45) is 0. The van der Waals surface area contributed by atoms with E-state index in [1.165, 1.54) is 10.6 Å². The Morgan fingerprint density at radius 1 is 1.28 bits per heavy atom. The Balaban J connectivity index is 1.94. The number of hydrogen-bond donors (Lipinski definition) is 0. The van der Waals surface area contributed by atoms with Gasteiger partial charge in [-0.1, -0.05) is 12.1 Å². The number of carbonyl (C=O) groups is 1. The van der Waals surface area contributed by atoms with E-state index in [1.54, 1.807) is 12.0 Å². The van der Waals surface area contributed by atoms with Gasteiger partial charge in [0.15, 0.2) is 0 Å². The average molecular weight is 400 g/mol. The summed E-state index contributed by atoms with van der Waals surface area (Å²) in [5, 5.41) is 0. The van der Waals surface area contributed by atoms with Crippen molar-refractivity contribution in [2.24, 2.45) is 0 Å². The third-order valence-electron chi connectivity index (χ3n) is 4.85.